The molecule has 2 saturated heterocycles. The van der Waals surface area contributed by atoms with Crippen molar-refractivity contribution in [3.05, 3.63) is 23.3 Å². The molecule has 220 valence electrons. The highest BCUT2D eigenvalue weighted by Crippen LogP contribution is 2.45. The summed E-state index contributed by atoms with van der Waals surface area (Å²) in [5, 5.41) is 0. The van der Waals surface area contributed by atoms with Crippen molar-refractivity contribution in [3.8, 4) is 0 Å². The van der Waals surface area contributed by atoms with Gasteiger partial charge in [0, 0.05) is 10.8 Å². The van der Waals surface area contributed by atoms with Crippen molar-refractivity contribution >= 4 is 0 Å². The van der Waals surface area contributed by atoms with Crippen molar-refractivity contribution in [1.82, 2.24) is 0 Å². The van der Waals surface area contributed by atoms with Gasteiger partial charge in [0.05, 0.1) is 26.4 Å². The summed E-state index contributed by atoms with van der Waals surface area (Å²) in [6.07, 6.45) is 16.5. The molecule has 0 radical (unpaired) electrons. The van der Waals surface area contributed by atoms with Gasteiger partial charge in [0.15, 0.2) is 11.6 Å². The van der Waals surface area contributed by atoms with Crippen LogP contribution in [0.5, 0.6) is 0 Å². The third-order valence-corrected chi connectivity index (χ3v) is 10.4. The number of hydrogen-bond donors (Lipinski definition) is 0. The van der Waals surface area contributed by atoms with Gasteiger partial charge < -0.3 is 18.9 Å². The van der Waals surface area contributed by atoms with E-state index in [4.69, 9.17) is 18.9 Å². The largest absolute Gasteiger partial charge is 0.346 e. The van der Waals surface area contributed by atoms with Crippen LogP contribution in [0.15, 0.2) is 23.3 Å². The normalized spacial score (nSPS) is 28.8. The molecule has 4 nitrogen and oxygen atoms in total. The monoisotopic (exact) mass is 532 g/mol. The topological polar surface area (TPSA) is 36.9 Å². The predicted octanol–water partition coefficient (Wildman–Crippen LogP) is 9.38. The lowest BCUT2D eigenvalue weighted by atomic mass is 9.77. The van der Waals surface area contributed by atoms with Crippen molar-refractivity contribution in [2.75, 3.05) is 26.4 Å². The molecule has 38 heavy (non-hydrogen) atoms. The predicted molar refractivity (Wildman–Crippen MR) is 158 cm³/mol. The van der Waals surface area contributed by atoms with Gasteiger partial charge in [0.25, 0.3) is 0 Å². The standard InChI is InChI=1S/2C17H30O2/c2*1-6-17(7-2)12-18-16(5,19-13-17)14-9-8-10-15(3,4)11-14/h2*11H,6-10,12-13H2,1-5H3. The van der Waals surface area contributed by atoms with Gasteiger partial charge in [0.1, 0.15) is 0 Å². The lowest BCUT2D eigenvalue weighted by Gasteiger charge is -2.46. The Morgan fingerprint density at radius 3 is 1.05 bits per heavy atom. The van der Waals surface area contributed by atoms with Crippen LogP contribution in [0.3, 0.4) is 0 Å². The van der Waals surface area contributed by atoms with Crippen LogP contribution in [0.25, 0.3) is 0 Å². The second-order valence-electron chi connectivity index (χ2n) is 14.5. The Hall–Kier alpha value is -0.680. The molecule has 0 aromatic carbocycles. The number of hydrogen-bond acceptors (Lipinski definition) is 4. The first-order chi connectivity index (χ1) is 17.7. The molecule has 0 amide bonds. The van der Waals surface area contributed by atoms with Crippen molar-refractivity contribution in [3.63, 3.8) is 0 Å². The highest BCUT2D eigenvalue weighted by Gasteiger charge is 2.44. The number of allylic oxidation sites excluding steroid dienone is 2. The molecular formula is C34H60O4. The zero-order valence-electron chi connectivity index (χ0n) is 26.7. The fourth-order valence-corrected chi connectivity index (χ4v) is 6.43. The van der Waals surface area contributed by atoms with Crippen molar-refractivity contribution in [2.45, 2.75) is 145 Å². The summed E-state index contributed by atoms with van der Waals surface area (Å²) in [5.74, 6) is -0.961. The third kappa shape index (κ3) is 7.33. The Labute approximate surface area is 235 Å². The van der Waals surface area contributed by atoms with Crippen LogP contribution in [0, 0.1) is 21.7 Å². The molecule has 4 heteroatoms. The zero-order valence-corrected chi connectivity index (χ0v) is 26.7. The van der Waals surface area contributed by atoms with E-state index in [0.29, 0.717) is 0 Å². The van der Waals surface area contributed by atoms with Crippen LogP contribution < -0.4 is 0 Å². The first-order valence-corrected chi connectivity index (χ1v) is 15.7. The number of ether oxygens (including phenoxy) is 4. The lowest BCUT2D eigenvalue weighted by molar-refractivity contribution is -0.277. The van der Waals surface area contributed by atoms with Gasteiger partial charge in [0.2, 0.25) is 0 Å². The molecule has 0 spiro atoms. The molecule has 0 bridgehead atoms. The smallest absolute Gasteiger partial charge is 0.187 e. The van der Waals surface area contributed by atoms with E-state index in [1.807, 2.05) is 0 Å². The third-order valence-electron chi connectivity index (χ3n) is 10.4. The summed E-state index contributed by atoms with van der Waals surface area (Å²) in [5.41, 5.74) is 3.73. The molecule has 0 saturated carbocycles. The molecule has 0 aromatic heterocycles. The van der Waals surface area contributed by atoms with E-state index in [1.165, 1.54) is 36.8 Å². The fourth-order valence-electron chi connectivity index (χ4n) is 6.43. The van der Waals surface area contributed by atoms with E-state index in [1.54, 1.807) is 0 Å². The van der Waals surface area contributed by atoms with Crippen LogP contribution in [-0.2, 0) is 18.9 Å². The average Bonchev–Trinajstić information content (AvgIpc) is 2.89. The minimum absolute atomic E-state index is 0.226. The van der Waals surface area contributed by atoms with Gasteiger partial charge in [-0.25, -0.2) is 0 Å². The maximum atomic E-state index is 6.21. The van der Waals surface area contributed by atoms with Crippen LogP contribution in [0.2, 0.25) is 0 Å². The molecular weight excluding hydrogens is 472 g/mol. The quantitative estimate of drug-likeness (QED) is 0.319. The first-order valence-electron chi connectivity index (χ1n) is 15.7. The van der Waals surface area contributed by atoms with Gasteiger partial charge in [-0.15, -0.1) is 0 Å². The molecule has 0 unspecified atom stereocenters. The zero-order chi connectivity index (χ0) is 28.3. The second kappa shape index (κ2) is 12.0. The highest BCUT2D eigenvalue weighted by molar-refractivity contribution is 5.20. The summed E-state index contributed by atoms with van der Waals surface area (Å²) in [7, 11) is 0. The summed E-state index contributed by atoms with van der Waals surface area (Å²) < 4.78 is 24.8. The van der Waals surface area contributed by atoms with Crippen LogP contribution in [0.4, 0.5) is 0 Å². The Bertz CT molecular complexity index is 751. The molecule has 2 fully saturated rings. The van der Waals surface area contributed by atoms with E-state index in [-0.39, 0.29) is 21.7 Å². The van der Waals surface area contributed by atoms with Crippen molar-refractivity contribution in [2.24, 2.45) is 21.7 Å². The number of rotatable bonds is 6. The van der Waals surface area contributed by atoms with Gasteiger partial charge in [-0.1, -0.05) is 67.5 Å². The van der Waals surface area contributed by atoms with E-state index in [0.717, 1.165) is 65.0 Å². The molecule has 0 atom stereocenters. The minimum Gasteiger partial charge on any atom is -0.346 e. The molecule has 2 heterocycles. The van der Waals surface area contributed by atoms with Gasteiger partial charge in [-0.05, 0) is 100 Å². The maximum absolute atomic E-state index is 6.21. The Balaban J connectivity index is 0.000000211. The van der Waals surface area contributed by atoms with Crippen LogP contribution in [0.1, 0.15) is 133 Å². The molecule has 2 aliphatic carbocycles. The highest BCUT2D eigenvalue weighted by atomic mass is 16.7. The van der Waals surface area contributed by atoms with Gasteiger partial charge in [-0.3, -0.25) is 0 Å². The Morgan fingerprint density at radius 1 is 0.526 bits per heavy atom. The van der Waals surface area contributed by atoms with Gasteiger partial charge >= 0.3 is 0 Å². The van der Waals surface area contributed by atoms with Crippen molar-refractivity contribution < 1.29 is 18.9 Å². The second-order valence-corrected chi connectivity index (χ2v) is 14.5. The molecule has 0 aromatic rings. The average molecular weight is 533 g/mol. The molecule has 2 aliphatic heterocycles. The first kappa shape index (κ1) is 31.8. The SMILES string of the molecule is CCC1(CC)COC(C)(C2=CC(C)(C)CCC2)OC1.CCC1(CC)COC(C)(C2=CC(C)(C)CCC2)OC1. The summed E-state index contributed by atoms with van der Waals surface area (Å²) >= 11 is 0. The van der Waals surface area contributed by atoms with Crippen molar-refractivity contribution in [1.29, 1.82) is 0 Å². The van der Waals surface area contributed by atoms with Crippen LogP contribution in [-0.4, -0.2) is 38.0 Å². The molecule has 4 aliphatic rings. The van der Waals surface area contributed by atoms with Gasteiger partial charge in [-0.2, -0.15) is 0 Å². The van der Waals surface area contributed by atoms with E-state index in [2.05, 4.69) is 81.4 Å². The van der Waals surface area contributed by atoms with Crippen LogP contribution >= 0.6 is 0 Å². The minimum atomic E-state index is -0.481. The van der Waals surface area contributed by atoms with E-state index >= 15 is 0 Å². The molecule has 0 N–H and O–H groups in total. The lowest BCUT2D eigenvalue weighted by Crippen LogP contribution is -2.49. The summed E-state index contributed by atoms with van der Waals surface area (Å²) in [6.45, 7) is 25.7. The Kier molecular flexibility index (Phi) is 10.1. The Morgan fingerprint density at radius 2 is 0.816 bits per heavy atom. The van der Waals surface area contributed by atoms with E-state index < -0.39 is 11.6 Å². The maximum Gasteiger partial charge on any atom is 0.187 e. The fraction of sp³-hybridized carbons (Fsp3) is 0.882. The summed E-state index contributed by atoms with van der Waals surface area (Å²) in [4.78, 5) is 0. The van der Waals surface area contributed by atoms with E-state index in [9.17, 15) is 0 Å². The molecule has 4 rings (SSSR count). The summed E-state index contributed by atoms with van der Waals surface area (Å²) in [6, 6.07) is 0.